The minimum Gasteiger partial charge on any atom is -0.353 e. The van der Waals surface area contributed by atoms with Gasteiger partial charge in [0.15, 0.2) is 0 Å². The molecule has 0 heterocycles. The van der Waals surface area contributed by atoms with Crippen molar-refractivity contribution in [2.45, 2.75) is 30.7 Å². The Kier molecular flexibility index (Phi) is 6.81. The van der Waals surface area contributed by atoms with Crippen LogP contribution in [0.3, 0.4) is 0 Å². The number of aryl methyl sites for hydroxylation is 1. The zero-order valence-electron chi connectivity index (χ0n) is 12.6. The van der Waals surface area contributed by atoms with Crippen LogP contribution in [0, 0.1) is 0 Å². The molecule has 0 radical (unpaired) electrons. The predicted molar refractivity (Wildman–Crippen MR) is 94.5 cm³/mol. The summed E-state index contributed by atoms with van der Waals surface area (Å²) >= 11 is 7.55. The highest BCUT2D eigenvalue weighted by Crippen LogP contribution is 2.26. The maximum atomic E-state index is 12.0. The normalized spacial score (nSPS) is 11.9. The van der Waals surface area contributed by atoms with Gasteiger partial charge in [-0.15, -0.1) is 11.8 Å². The quantitative estimate of drug-likeness (QED) is 0.752. The van der Waals surface area contributed by atoms with Crippen molar-refractivity contribution < 1.29 is 4.79 Å². The molecule has 4 heteroatoms. The van der Waals surface area contributed by atoms with Crippen LogP contribution in [0.25, 0.3) is 0 Å². The molecule has 1 atom stereocenters. The van der Waals surface area contributed by atoms with E-state index in [0.717, 1.165) is 17.7 Å². The lowest BCUT2D eigenvalue weighted by atomic mass is 10.1. The first-order chi connectivity index (χ1) is 10.6. The van der Waals surface area contributed by atoms with Crippen LogP contribution < -0.4 is 5.32 Å². The van der Waals surface area contributed by atoms with Crippen LogP contribution in [0.1, 0.15) is 18.9 Å². The van der Waals surface area contributed by atoms with E-state index in [4.69, 9.17) is 11.6 Å². The molecule has 2 nitrogen and oxygen atoms in total. The Balaban J connectivity index is 1.71. The highest BCUT2D eigenvalue weighted by atomic mass is 35.5. The number of thioether (sulfide) groups is 1. The molecule has 0 saturated heterocycles. The summed E-state index contributed by atoms with van der Waals surface area (Å²) in [4.78, 5) is 12.9. The minimum absolute atomic E-state index is 0.0467. The van der Waals surface area contributed by atoms with Crippen LogP contribution in [-0.2, 0) is 11.2 Å². The number of carbonyl (C=O) groups is 1. The van der Waals surface area contributed by atoms with E-state index in [1.54, 1.807) is 0 Å². The molecule has 0 aliphatic rings. The van der Waals surface area contributed by atoms with Crippen LogP contribution in [0.5, 0.6) is 0 Å². The van der Waals surface area contributed by atoms with Gasteiger partial charge in [0.1, 0.15) is 0 Å². The van der Waals surface area contributed by atoms with Crippen molar-refractivity contribution in [2.75, 3.05) is 5.75 Å². The number of hydrogen-bond acceptors (Lipinski definition) is 2. The van der Waals surface area contributed by atoms with Gasteiger partial charge in [0, 0.05) is 10.9 Å². The summed E-state index contributed by atoms with van der Waals surface area (Å²) in [7, 11) is 0. The second kappa shape index (κ2) is 8.86. The monoisotopic (exact) mass is 333 g/mol. The highest BCUT2D eigenvalue weighted by Gasteiger charge is 2.09. The maximum Gasteiger partial charge on any atom is 0.230 e. The number of hydrogen-bond donors (Lipinski definition) is 1. The second-order valence-corrected chi connectivity index (χ2v) is 6.64. The summed E-state index contributed by atoms with van der Waals surface area (Å²) in [5.74, 6) is 0.435. The molecule has 22 heavy (non-hydrogen) atoms. The van der Waals surface area contributed by atoms with Crippen molar-refractivity contribution in [3.8, 4) is 0 Å². The lowest BCUT2D eigenvalue weighted by Gasteiger charge is -2.14. The topological polar surface area (TPSA) is 29.1 Å². The fraction of sp³-hybridized carbons (Fsp3) is 0.278. The molecule has 0 bridgehead atoms. The number of nitrogens with one attached hydrogen (secondary N) is 1. The number of halogens is 1. The number of benzene rings is 2. The molecule has 0 aliphatic carbocycles. The summed E-state index contributed by atoms with van der Waals surface area (Å²) < 4.78 is 0. The van der Waals surface area contributed by atoms with E-state index >= 15 is 0 Å². The summed E-state index contributed by atoms with van der Waals surface area (Å²) in [5, 5.41) is 3.73. The molecule has 2 aromatic rings. The Morgan fingerprint density at radius 2 is 1.82 bits per heavy atom. The van der Waals surface area contributed by atoms with Crippen molar-refractivity contribution in [3.63, 3.8) is 0 Å². The molecule has 0 aromatic heterocycles. The van der Waals surface area contributed by atoms with Crippen molar-refractivity contribution in [1.82, 2.24) is 5.32 Å². The van der Waals surface area contributed by atoms with Gasteiger partial charge in [-0.25, -0.2) is 0 Å². The Hall–Kier alpha value is -1.45. The van der Waals surface area contributed by atoms with E-state index in [2.05, 4.69) is 17.4 Å². The SMILES string of the molecule is C[C@@H](CCc1ccccc1)NC(=O)CSc1ccccc1Cl. The third-order valence-corrected chi connectivity index (χ3v) is 4.83. The molecule has 116 valence electrons. The summed E-state index contributed by atoms with van der Waals surface area (Å²) in [5.41, 5.74) is 1.30. The van der Waals surface area contributed by atoms with Crippen LogP contribution >= 0.6 is 23.4 Å². The average Bonchev–Trinajstić information content (AvgIpc) is 2.53. The first kappa shape index (κ1) is 16.9. The molecule has 0 unspecified atom stereocenters. The highest BCUT2D eigenvalue weighted by molar-refractivity contribution is 8.00. The third kappa shape index (κ3) is 5.74. The molecule has 2 rings (SSSR count). The van der Waals surface area contributed by atoms with Crippen molar-refractivity contribution in [3.05, 3.63) is 65.2 Å². The molecule has 0 saturated carbocycles. The average molecular weight is 334 g/mol. The van der Waals surface area contributed by atoms with Gasteiger partial charge in [-0.05, 0) is 37.5 Å². The molecule has 0 fully saturated rings. The number of carbonyl (C=O) groups excluding carboxylic acids is 1. The van der Waals surface area contributed by atoms with E-state index in [1.807, 2.05) is 49.4 Å². The minimum atomic E-state index is 0.0467. The fourth-order valence-corrected chi connectivity index (χ4v) is 3.17. The van der Waals surface area contributed by atoms with Crippen LogP contribution in [-0.4, -0.2) is 17.7 Å². The molecule has 0 aliphatic heterocycles. The summed E-state index contributed by atoms with van der Waals surface area (Å²) in [6, 6.07) is 18.1. The number of amides is 1. The van der Waals surface area contributed by atoms with E-state index in [1.165, 1.54) is 17.3 Å². The summed E-state index contributed by atoms with van der Waals surface area (Å²) in [6.07, 6.45) is 1.91. The smallest absolute Gasteiger partial charge is 0.230 e. The van der Waals surface area contributed by atoms with Crippen molar-refractivity contribution in [1.29, 1.82) is 0 Å². The van der Waals surface area contributed by atoms with Gasteiger partial charge in [-0.3, -0.25) is 4.79 Å². The van der Waals surface area contributed by atoms with E-state index in [-0.39, 0.29) is 11.9 Å². The Labute approximate surface area is 141 Å². The standard InChI is InChI=1S/C18H20ClNOS/c1-14(11-12-15-7-3-2-4-8-15)20-18(21)13-22-17-10-6-5-9-16(17)19/h2-10,14H,11-13H2,1H3,(H,20,21)/t14-/m0/s1. The number of rotatable bonds is 7. The zero-order valence-corrected chi connectivity index (χ0v) is 14.2. The van der Waals surface area contributed by atoms with Gasteiger partial charge in [-0.1, -0.05) is 54.1 Å². The first-order valence-electron chi connectivity index (χ1n) is 7.36. The van der Waals surface area contributed by atoms with Crippen LogP contribution in [0.2, 0.25) is 5.02 Å². The van der Waals surface area contributed by atoms with E-state index in [9.17, 15) is 4.79 Å². The molecular formula is C18H20ClNOS. The Morgan fingerprint density at radius 1 is 1.14 bits per heavy atom. The van der Waals surface area contributed by atoms with Crippen molar-refractivity contribution >= 4 is 29.3 Å². The fourth-order valence-electron chi connectivity index (χ4n) is 2.12. The molecule has 0 spiro atoms. The third-order valence-electron chi connectivity index (χ3n) is 3.31. The van der Waals surface area contributed by atoms with Gasteiger partial charge < -0.3 is 5.32 Å². The zero-order chi connectivity index (χ0) is 15.8. The van der Waals surface area contributed by atoms with Crippen LogP contribution in [0.4, 0.5) is 0 Å². The Bertz CT molecular complexity index is 603. The van der Waals surface area contributed by atoms with Crippen LogP contribution in [0.15, 0.2) is 59.5 Å². The lowest BCUT2D eigenvalue weighted by Crippen LogP contribution is -2.34. The van der Waals surface area contributed by atoms with Gasteiger partial charge in [0.2, 0.25) is 5.91 Å². The Morgan fingerprint density at radius 3 is 2.55 bits per heavy atom. The van der Waals surface area contributed by atoms with Gasteiger partial charge in [0.25, 0.3) is 0 Å². The van der Waals surface area contributed by atoms with Crippen molar-refractivity contribution in [2.24, 2.45) is 0 Å². The first-order valence-corrected chi connectivity index (χ1v) is 8.72. The molecule has 1 N–H and O–H groups in total. The van der Waals surface area contributed by atoms with E-state index in [0.29, 0.717) is 10.8 Å². The maximum absolute atomic E-state index is 12.0. The molecule has 2 aromatic carbocycles. The second-order valence-electron chi connectivity index (χ2n) is 5.21. The predicted octanol–water partition coefficient (Wildman–Crippen LogP) is 4.57. The molecular weight excluding hydrogens is 314 g/mol. The van der Waals surface area contributed by atoms with Gasteiger partial charge in [0.05, 0.1) is 10.8 Å². The van der Waals surface area contributed by atoms with E-state index < -0.39 is 0 Å². The summed E-state index contributed by atoms with van der Waals surface area (Å²) in [6.45, 7) is 2.04. The van der Waals surface area contributed by atoms with Gasteiger partial charge in [-0.2, -0.15) is 0 Å². The lowest BCUT2D eigenvalue weighted by molar-refractivity contribution is -0.119. The molecule has 1 amide bonds. The van der Waals surface area contributed by atoms with Gasteiger partial charge >= 0.3 is 0 Å². The largest absolute Gasteiger partial charge is 0.353 e.